The van der Waals surface area contributed by atoms with Crippen molar-refractivity contribution in [2.24, 2.45) is 4.99 Å². The number of nitrogens with zero attached hydrogens (tertiary/aromatic N) is 2. The van der Waals surface area contributed by atoms with E-state index in [4.69, 9.17) is 18.9 Å². The smallest absolute Gasteiger partial charge is 0.338 e. The van der Waals surface area contributed by atoms with Crippen molar-refractivity contribution in [1.82, 2.24) is 4.57 Å². The molecular formula is C29H30N2O7S. The van der Waals surface area contributed by atoms with Crippen LogP contribution in [0.4, 0.5) is 0 Å². The van der Waals surface area contributed by atoms with Crippen molar-refractivity contribution in [2.75, 3.05) is 26.9 Å². The number of carbonyl (C=O) groups is 1. The highest BCUT2D eigenvalue weighted by Gasteiger charge is 2.34. The Labute approximate surface area is 229 Å². The number of phenolic OH excluding ortho intramolecular Hbond substituents is 1. The van der Waals surface area contributed by atoms with Crippen LogP contribution in [0.15, 0.2) is 70.1 Å². The third kappa shape index (κ3) is 5.61. The normalized spacial score (nSPS) is 14.9. The molecule has 0 spiro atoms. The highest BCUT2D eigenvalue weighted by atomic mass is 32.1. The van der Waals surface area contributed by atoms with E-state index in [0.717, 1.165) is 0 Å². The molecule has 3 aromatic rings. The Morgan fingerprint density at radius 1 is 1.13 bits per heavy atom. The van der Waals surface area contributed by atoms with E-state index in [9.17, 15) is 14.7 Å². The zero-order chi connectivity index (χ0) is 28.1. The molecule has 1 unspecified atom stereocenters. The molecule has 1 N–H and O–H groups in total. The Hall–Kier alpha value is -4.31. The van der Waals surface area contributed by atoms with E-state index >= 15 is 0 Å². The fraction of sp³-hybridized carbons (Fsp3) is 0.276. The summed E-state index contributed by atoms with van der Waals surface area (Å²) in [6.07, 6.45) is 3.33. The van der Waals surface area contributed by atoms with Gasteiger partial charge in [-0.1, -0.05) is 36.1 Å². The van der Waals surface area contributed by atoms with Crippen LogP contribution >= 0.6 is 11.3 Å². The minimum absolute atomic E-state index is 0.00330. The summed E-state index contributed by atoms with van der Waals surface area (Å²) in [6, 6.07) is 9.33. The Morgan fingerprint density at radius 2 is 1.92 bits per heavy atom. The van der Waals surface area contributed by atoms with Gasteiger partial charge >= 0.3 is 5.97 Å². The molecule has 2 aromatic carbocycles. The van der Waals surface area contributed by atoms with Gasteiger partial charge < -0.3 is 24.1 Å². The number of aromatic hydroxyl groups is 1. The maximum absolute atomic E-state index is 13.8. The van der Waals surface area contributed by atoms with Gasteiger partial charge in [0.1, 0.15) is 6.61 Å². The van der Waals surface area contributed by atoms with E-state index in [0.29, 0.717) is 50.9 Å². The van der Waals surface area contributed by atoms with Crippen LogP contribution in [-0.2, 0) is 9.53 Å². The molecule has 39 heavy (non-hydrogen) atoms. The molecule has 0 fully saturated rings. The van der Waals surface area contributed by atoms with Crippen LogP contribution < -0.4 is 29.1 Å². The SMILES string of the molecule is C=CCOc1ccc(C2C(C(=O)OCC)=C(C)N=c3sc(=Cc4ccc(O)c(OC)c4)c(=O)n32)cc1OCC. The number of phenols is 1. The number of fused-ring (bicyclic) bond motifs is 1. The van der Waals surface area contributed by atoms with E-state index in [1.807, 2.05) is 6.92 Å². The summed E-state index contributed by atoms with van der Waals surface area (Å²) in [5.41, 5.74) is 1.71. The lowest BCUT2D eigenvalue weighted by Crippen LogP contribution is -2.40. The van der Waals surface area contributed by atoms with Gasteiger partial charge in [-0.15, -0.1) is 0 Å². The number of allylic oxidation sites excluding steroid dienone is 1. The first-order valence-corrected chi connectivity index (χ1v) is 13.2. The Kier molecular flexibility index (Phi) is 8.55. The molecule has 204 valence electrons. The van der Waals surface area contributed by atoms with E-state index in [1.165, 1.54) is 29.1 Å². The highest BCUT2D eigenvalue weighted by Crippen LogP contribution is 2.36. The van der Waals surface area contributed by atoms with Crippen molar-refractivity contribution >= 4 is 23.4 Å². The second-order valence-electron chi connectivity index (χ2n) is 8.47. The largest absolute Gasteiger partial charge is 0.504 e. The molecule has 0 radical (unpaired) electrons. The average Bonchev–Trinajstić information content (AvgIpc) is 3.22. The standard InChI is InChI=1S/C29H30N2O7S/c1-6-13-38-21-12-10-19(16-23(21)36-7-2)26-25(28(34)37-8-3)17(4)30-29-31(26)27(33)24(39-29)15-18-9-11-20(32)22(14-18)35-5/h6,9-12,14-16,26,32H,1,7-8,13H2,2-5H3. The predicted molar refractivity (Wildman–Crippen MR) is 148 cm³/mol. The van der Waals surface area contributed by atoms with Crippen molar-refractivity contribution in [1.29, 1.82) is 0 Å². The van der Waals surface area contributed by atoms with Gasteiger partial charge in [-0.25, -0.2) is 9.79 Å². The summed E-state index contributed by atoms with van der Waals surface area (Å²) < 4.78 is 24.0. The third-order valence-corrected chi connectivity index (χ3v) is 6.94. The van der Waals surface area contributed by atoms with E-state index < -0.39 is 12.0 Å². The molecule has 4 rings (SSSR count). The summed E-state index contributed by atoms with van der Waals surface area (Å²) in [5, 5.41) is 9.94. The molecule has 0 saturated heterocycles. The number of hydrogen-bond acceptors (Lipinski definition) is 9. The van der Waals surface area contributed by atoms with E-state index in [1.54, 1.807) is 56.3 Å². The summed E-state index contributed by atoms with van der Waals surface area (Å²) in [4.78, 5) is 32.0. The Bertz CT molecular complexity index is 1620. The van der Waals surface area contributed by atoms with E-state index in [-0.39, 0.29) is 29.2 Å². The number of rotatable bonds is 10. The van der Waals surface area contributed by atoms with Crippen molar-refractivity contribution in [3.05, 3.63) is 91.1 Å². The summed E-state index contributed by atoms with van der Waals surface area (Å²) in [5.74, 6) is 0.736. The van der Waals surface area contributed by atoms with Crippen LogP contribution in [0, 0.1) is 0 Å². The average molecular weight is 551 g/mol. The van der Waals surface area contributed by atoms with Crippen molar-refractivity contribution in [3.8, 4) is 23.0 Å². The number of hydrogen-bond donors (Lipinski definition) is 1. The molecule has 1 aromatic heterocycles. The molecule has 2 heterocycles. The van der Waals surface area contributed by atoms with Crippen LogP contribution in [0.25, 0.3) is 6.08 Å². The first kappa shape index (κ1) is 27.7. The summed E-state index contributed by atoms with van der Waals surface area (Å²) >= 11 is 1.20. The van der Waals surface area contributed by atoms with Crippen LogP contribution in [0.5, 0.6) is 23.0 Å². The molecule has 10 heteroatoms. The lowest BCUT2D eigenvalue weighted by atomic mass is 9.95. The zero-order valence-electron chi connectivity index (χ0n) is 22.2. The fourth-order valence-corrected chi connectivity index (χ4v) is 5.32. The van der Waals surface area contributed by atoms with Crippen molar-refractivity contribution in [2.45, 2.75) is 26.8 Å². The maximum atomic E-state index is 13.8. The Morgan fingerprint density at radius 3 is 2.62 bits per heavy atom. The van der Waals surface area contributed by atoms with Gasteiger partial charge in [-0.3, -0.25) is 9.36 Å². The molecular weight excluding hydrogens is 520 g/mol. The van der Waals surface area contributed by atoms with Gasteiger partial charge in [-0.2, -0.15) is 0 Å². The zero-order valence-corrected chi connectivity index (χ0v) is 23.0. The van der Waals surface area contributed by atoms with Gasteiger partial charge in [0.15, 0.2) is 27.8 Å². The first-order chi connectivity index (χ1) is 18.8. The summed E-state index contributed by atoms with van der Waals surface area (Å²) in [7, 11) is 1.45. The van der Waals surface area contributed by atoms with Crippen LogP contribution in [-0.4, -0.2) is 42.6 Å². The minimum atomic E-state index is -0.801. The van der Waals surface area contributed by atoms with Gasteiger partial charge in [0.25, 0.3) is 5.56 Å². The molecule has 9 nitrogen and oxygen atoms in total. The predicted octanol–water partition coefficient (Wildman–Crippen LogP) is 3.48. The monoisotopic (exact) mass is 550 g/mol. The molecule has 0 saturated carbocycles. The van der Waals surface area contributed by atoms with Crippen LogP contribution in [0.2, 0.25) is 0 Å². The molecule has 0 amide bonds. The van der Waals surface area contributed by atoms with Gasteiger partial charge in [0.05, 0.1) is 42.2 Å². The number of methoxy groups -OCH3 is 1. The van der Waals surface area contributed by atoms with Crippen LogP contribution in [0.1, 0.15) is 37.9 Å². The number of aromatic nitrogens is 1. The van der Waals surface area contributed by atoms with Crippen molar-refractivity contribution in [3.63, 3.8) is 0 Å². The molecule has 0 aliphatic carbocycles. The first-order valence-electron chi connectivity index (χ1n) is 12.4. The van der Waals surface area contributed by atoms with Gasteiger partial charge in [0.2, 0.25) is 0 Å². The highest BCUT2D eigenvalue weighted by molar-refractivity contribution is 7.07. The summed E-state index contributed by atoms with van der Waals surface area (Å²) in [6.45, 7) is 9.87. The number of ether oxygens (including phenoxy) is 4. The second kappa shape index (κ2) is 12.0. The Balaban J connectivity index is 1.93. The molecule has 1 aliphatic rings. The topological polar surface area (TPSA) is 109 Å². The molecule has 1 aliphatic heterocycles. The number of carbonyl (C=O) groups excluding carboxylic acids is 1. The number of esters is 1. The van der Waals surface area contributed by atoms with Crippen LogP contribution in [0.3, 0.4) is 0 Å². The molecule has 1 atom stereocenters. The lowest BCUT2D eigenvalue weighted by molar-refractivity contribution is -0.139. The lowest BCUT2D eigenvalue weighted by Gasteiger charge is -2.25. The van der Waals surface area contributed by atoms with Crippen molar-refractivity contribution < 1.29 is 28.8 Å². The quantitative estimate of drug-likeness (QED) is 0.304. The third-order valence-electron chi connectivity index (χ3n) is 5.96. The molecule has 0 bridgehead atoms. The van der Waals surface area contributed by atoms with Gasteiger partial charge in [-0.05, 0) is 62.2 Å². The van der Waals surface area contributed by atoms with Gasteiger partial charge in [0, 0.05) is 0 Å². The minimum Gasteiger partial charge on any atom is -0.504 e. The fourth-order valence-electron chi connectivity index (χ4n) is 4.27. The second-order valence-corrected chi connectivity index (χ2v) is 9.48. The number of thiazole rings is 1. The maximum Gasteiger partial charge on any atom is 0.338 e. The number of benzene rings is 2. The van der Waals surface area contributed by atoms with E-state index in [2.05, 4.69) is 11.6 Å².